The number of anilines is 1. The van der Waals surface area contributed by atoms with Crippen molar-refractivity contribution in [3.05, 3.63) is 108 Å². The van der Waals surface area contributed by atoms with Crippen molar-refractivity contribution in [3.8, 4) is 17.2 Å². The van der Waals surface area contributed by atoms with Gasteiger partial charge in [0.1, 0.15) is 0 Å². The topological polar surface area (TPSA) is 106 Å². The molecule has 3 heterocycles. The van der Waals surface area contributed by atoms with Gasteiger partial charge in [-0.05, 0) is 74.3 Å². The number of amides is 1. The van der Waals surface area contributed by atoms with Crippen LogP contribution in [0.4, 0.5) is 5.95 Å². The van der Waals surface area contributed by atoms with Crippen molar-refractivity contribution in [1.82, 2.24) is 19.4 Å². The Hall–Kier alpha value is -4.78. The van der Waals surface area contributed by atoms with Crippen LogP contribution < -0.4 is 19.1 Å². The summed E-state index contributed by atoms with van der Waals surface area (Å²) in [5, 5.41) is 0. The number of halogens is 1. The quantitative estimate of drug-likeness (QED) is 0.135. The number of likely N-dealkylation sites (tertiary alicyclic amines) is 1. The first-order chi connectivity index (χ1) is 26.2. The minimum atomic E-state index is -3.46. The molecule has 7 rings (SSSR count). The number of ether oxygens (including phenoxy) is 3. The number of methoxy groups -OCH3 is 3. The summed E-state index contributed by atoms with van der Waals surface area (Å²) >= 11 is 0. The fourth-order valence-electron chi connectivity index (χ4n) is 8.06. The van der Waals surface area contributed by atoms with Gasteiger partial charge in [-0.25, -0.2) is 13.4 Å². The Kier molecular flexibility index (Phi) is 12.6. The number of aryl methyl sites for hydroxylation is 1. The fourth-order valence-corrected chi connectivity index (χ4v) is 9.29. The third kappa shape index (κ3) is 8.41. The zero-order valence-corrected chi connectivity index (χ0v) is 33.4. The van der Waals surface area contributed by atoms with Crippen LogP contribution in [0.2, 0.25) is 0 Å². The normalized spacial score (nSPS) is 17.8. The molecule has 0 aliphatic carbocycles. The lowest BCUT2D eigenvalue weighted by molar-refractivity contribution is 0.0780. The Labute approximate surface area is 330 Å². The molecule has 0 N–H and O–H groups in total. The van der Waals surface area contributed by atoms with Crippen molar-refractivity contribution < 1.29 is 27.4 Å². The van der Waals surface area contributed by atoms with Gasteiger partial charge in [0, 0.05) is 50.2 Å². The van der Waals surface area contributed by atoms with Gasteiger partial charge in [-0.2, -0.15) is 0 Å². The van der Waals surface area contributed by atoms with Crippen LogP contribution in [0.25, 0.3) is 11.0 Å². The second kappa shape index (κ2) is 17.3. The van der Waals surface area contributed by atoms with Crippen molar-refractivity contribution in [1.29, 1.82) is 0 Å². The Morgan fingerprint density at radius 2 is 1.45 bits per heavy atom. The third-order valence-electron chi connectivity index (χ3n) is 11.0. The molecule has 0 spiro atoms. The van der Waals surface area contributed by atoms with Crippen LogP contribution in [-0.2, 0) is 21.8 Å². The van der Waals surface area contributed by atoms with E-state index in [0.717, 1.165) is 69.0 Å². The van der Waals surface area contributed by atoms with Crippen LogP contribution in [-0.4, -0.2) is 107 Å². The SMILES string of the molecule is COc1cc(C(=O)N2CCC(CCN3CCCN(c4nc5ccccc5n4CCS(=O)(=O)c4ccccc4)CC3)(c3ccccc3)C2)cc(OC)c1OC.Cl. The summed E-state index contributed by atoms with van der Waals surface area (Å²) in [6, 6.07) is 30.7. The minimum absolute atomic E-state index is 0. The zero-order valence-electron chi connectivity index (χ0n) is 31.7. The van der Waals surface area contributed by atoms with Gasteiger partial charge >= 0.3 is 0 Å². The highest BCUT2D eigenvalue weighted by molar-refractivity contribution is 7.91. The molecule has 2 fully saturated rings. The summed E-state index contributed by atoms with van der Waals surface area (Å²) in [4.78, 5) is 26.2. The van der Waals surface area contributed by atoms with E-state index in [-0.39, 0.29) is 29.5 Å². The van der Waals surface area contributed by atoms with E-state index >= 15 is 0 Å². The highest BCUT2D eigenvalue weighted by Gasteiger charge is 2.42. The monoisotopic (exact) mass is 787 g/mol. The van der Waals surface area contributed by atoms with E-state index < -0.39 is 9.84 Å². The molecule has 0 bridgehead atoms. The highest BCUT2D eigenvalue weighted by atomic mass is 35.5. The van der Waals surface area contributed by atoms with Gasteiger partial charge in [-0.15, -0.1) is 12.4 Å². The smallest absolute Gasteiger partial charge is 0.254 e. The van der Waals surface area contributed by atoms with Gasteiger partial charge in [-0.1, -0.05) is 60.7 Å². The number of sulfone groups is 1. The number of hydrogen-bond acceptors (Lipinski definition) is 9. The van der Waals surface area contributed by atoms with Gasteiger partial charge in [0.25, 0.3) is 5.91 Å². The number of para-hydroxylation sites is 2. The number of fused-ring (bicyclic) bond motifs is 1. The number of carbonyl (C=O) groups excluding carboxylic acids is 1. The Morgan fingerprint density at radius 3 is 2.15 bits per heavy atom. The summed E-state index contributed by atoms with van der Waals surface area (Å²) in [5.41, 5.74) is 3.36. The van der Waals surface area contributed by atoms with Crippen LogP contribution in [0.5, 0.6) is 17.2 Å². The summed E-state index contributed by atoms with van der Waals surface area (Å²) in [6.07, 6.45) is 2.73. The van der Waals surface area contributed by atoms with E-state index in [1.54, 1.807) is 57.7 Å². The second-order valence-corrected chi connectivity index (χ2v) is 16.3. The lowest BCUT2D eigenvalue weighted by atomic mass is 9.76. The van der Waals surface area contributed by atoms with E-state index in [9.17, 15) is 13.2 Å². The number of aromatic nitrogens is 2. The second-order valence-electron chi connectivity index (χ2n) is 14.2. The third-order valence-corrected chi connectivity index (χ3v) is 12.7. The molecule has 0 radical (unpaired) electrons. The molecular formula is C42H50ClN5O6S. The summed E-state index contributed by atoms with van der Waals surface area (Å²) in [7, 11) is 1.20. The van der Waals surface area contributed by atoms with E-state index in [0.29, 0.717) is 47.3 Å². The Balaban J connectivity index is 0.00000514. The number of carbonyl (C=O) groups is 1. The molecule has 1 atom stereocenters. The Bertz CT molecular complexity index is 2160. The van der Waals surface area contributed by atoms with Gasteiger partial charge < -0.3 is 33.5 Å². The average molecular weight is 788 g/mol. The van der Waals surface area contributed by atoms with Gasteiger partial charge in [0.2, 0.25) is 11.7 Å². The number of hydrogen-bond donors (Lipinski definition) is 0. The molecule has 5 aromatic rings. The number of nitrogens with zero attached hydrogens (tertiary/aromatic N) is 5. The van der Waals surface area contributed by atoms with Crippen LogP contribution in [0.1, 0.15) is 35.2 Å². The molecule has 2 aliphatic rings. The number of benzene rings is 4. The van der Waals surface area contributed by atoms with Crippen molar-refractivity contribution in [2.24, 2.45) is 0 Å². The van der Waals surface area contributed by atoms with Crippen LogP contribution >= 0.6 is 12.4 Å². The molecule has 292 valence electrons. The lowest BCUT2D eigenvalue weighted by Gasteiger charge is -2.33. The van der Waals surface area contributed by atoms with Crippen molar-refractivity contribution in [2.45, 2.75) is 36.1 Å². The lowest BCUT2D eigenvalue weighted by Crippen LogP contribution is -2.39. The molecule has 13 heteroatoms. The van der Waals surface area contributed by atoms with Gasteiger partial charge in [-0.3, -0.25) is 4.79 Å². The molecule has 1 unspecified atom stereocenters. The van der Waals surface area contributed by atoms with E-state index in [1.807, 2.05) is 41.3 Å². The maximum Gasteiger partial charge on any atom is 0.254 e. The predicted molar refractivity (Wildman–Crippen MR) is 218 cm³/mol. The molecule has 1 aromatic heterocycles. The van der Waals surface area contributed by atoms with Crippen molar-refractivity contribution in [2.75, 3.05) is 77.8 Å². The molecule has 1 amide bonds. The van der Waals surface area contributed by atoms with Crippen LogP contribution in [0, 0.1) is 0 Å². The molecule has 4 aromatic carbocycles. The van der Waals surface area contributed by atoms with Gasteiger partial charge in [0.05, 0.1) is 43.0 Å². The summed E-state index contributed by atoms with van der Waals surface area (Å²) in [5.74, 6) is 2.12. The maximum atomic E-state index is 14.0. The average Bonchev–Trinajstić information content (AvgIpc) is 3.74. The minimum Gasteiger partial charge on any atom is -0.493 e. The summed E-state index contributed by atoms with van der Waals surface area (Å²) < 4.78 is 45.2. The first kappa shape index (κ1) is 39.9. The Morgan fingerprint density at radius 1 is 0.782 bits per heavy atom. The maximum absolute atomic E-state index is 14.0. The van der Waals surface area contributed by atoms with E-state index in [4.69, 9.17) is 19.2 Å². The van der Waals surface area contributed by atoms with Crippen LogP contribution in [0.15, 0.2) is 102 Å². The van der Waals surface area contributed by atoms with E-state index in [1.165, 1.54) is 5.56 Å². The first-order valence-electron chi connectivity index (χ1n) is 18.6. The van der Waals surface area contributed by atoms with Crippen molar-refractivity contribution >= 4 is 45.1 Å². The first-order valence-corrected chi connectivity index (χ1v) is 20.3. The van der Waals surface area contributed by atoms with Crippen LogP contribution in [0.3, 0.4) is 0 Å². The molecule has 2 aliphatic heterocycles. The molecule has 2 saturated heterocycles. The summed E-state index contributed by atoms with van der Waals surface area (Å²) in [6.45, 7) is 5.86. The van der Waals surface area contributed by atoms with Crippen molar-refractivity contribution in [3.63, 3.8) is 0 Å². The number of rotatable bonds is 13. The van der Waals surface area contributed by atoms with Gasteiger partial charge in [0.15, 0.2) is 21.3 Å². The standard InChI is InChI=1S/C42H49N5O6S.ClH/c1-51-37-29-32(30-38(52-2)39(37)53-3)40(48)46-24-20-42(31-46,33-13-6-4-7-14-33)19-23-44-21-12-22-45(26-25-44)41-43-35-17-10-11-18-36(35)47(41)27-28-54(49,50)34-15-8-5-9-16-34;/h4-11,13-18,29-30H,12,19-28,31H2,1-3H3;1H. The molecular weight excluding hydrogens is 738 g/mol. The molecule has 0 saturated carbocycles. The van der Waals surface area contributed by atoms with E-state index in [2.05, 4.69) is 38.6 Å². The molecule has 55 heavy (non-hydrogen) atoms. The highest BCUT2D eigenvalue weighted by Crippen LogP contribution is 2.41. The fraction of sp³-hybridized carbons (Fsp3) is 0.381. The predicted octanol–water partition coefficient (Wildman–Crippen LogP) is 6.34. The largest absolute Gasteiger partial charge is 0.493 e. The zero-order chi connectivity index (χ0) is 37.7. The number of imidazole rings is 1. The molecule has 11 nitrogen and oxygen atoms in total.